The van der Waals surface area contributed by atoms with E-state index in [1.165, 1.54) is 24.3 Å². The third-order valence-electron chi connectivity index (χ3n) is 4.33. The Kier molecular flexibility index (Phi) is 6.44. The van der Waals surface area contributed by atoms with Crippen molar-refractivity contribution in [2.45, 2.75) is 6.61 Å². The molecule has 0 atom stereocenters. The summed E-state index contributed by atoms with van der Waals surface area (Å²) in [7, 11) is 1.55. The van der Waals surface area contributed by atoms with E-state index in [1.807, 2.05) is 0 Å². The molecule has 8 heteroatoms. The van der Waals surface area contributed by atoms with Gasteiger partial charge in [-0.15, -0.1) is 0 Å². The molecule has 0 saturated carbocycles. The van der Waals surface area contributed by atoms with Gasteiger partial charge in [-0.3, -0.25) is 14.9 Å². The maximum atomic E-state index is 12.9. The summed E-state index contributed by atoms with van der Waals surface area (Å²) >= 11 is 5.81. The van der Waals surface area contributed by atoms with Crippen molar-refractivity contribution in [1.82, 2.24) is 0 Å². The fraction of sp³-hybridized carbons (Fsp3) is 0.0909. The third-order valence-corrected chi connectivity index (χ3v) is 4.65. The van der Waals surface area contributed by atoms with E-state index in [2.05, 4.69) is 0 Å². The molecule has 0 radical (unpaired) electrons. The van der Waals surface area contributed by atoms with E-state index in [1.54, 1.807) is 43.5 Å². The van der Waals surface area contributed by atoms with E-state index in [0.29, 0.717) is 5.75 Å². The lowest BCUT2D eigenvalue weighted by molar-refractivity contribution is -0.384. The van der Waals surface area contributed by atoms with Crippen molar-refractivity contribution in [2.24, 2.45) is 0 Å². The lowest BCUT2D eigenvalue weighted by atomic mass is 9.98. The Labute approximate surface area is 177 Å². The molecule has 0 N–H and O–H groups in total. The van der Waals surface area contributed by atoms with Crippen LogP contribution in [-0.4, -0.2) is 23.8 Å². The number of halogens is 1. The summed E-state index contributed by atoms with van der Waals surface area (Å²) < 4.78 is 10.4. The molecule has 0 aliphatic rings. The summed E-state index contributed by atoms with van der Waals surface area (Å²) in [6, 6.07) is 16.9. The second kappa shape index (κ2) is 9.19. The Morgan fingerprint density at radius 1 is 1.00 bits per heavy atom. The van der Waals surface area contributed by atoms with E-state index < -0.39 is 16.7 Å². The molecule has 7 nitrogen and oxygen atoms in total. The number of ketones is 1. The first-order chi connectivity index (χ1) is 14.4. The molecule has 0 spiro atoms. The number of ether oxygens (including phenoxy) is 2. The molecular weight excluding hydrogens is 410 g/mol. The van der Waals surface area contributed by atoms with Crippen LogP contribution >= 0.6 is 11.6 Å². The molecule has 30 heavy (non-hydrogen) atoms. The van der Waals surface area contributed by atoms with Gasteiger partial charge in [0.2, 0.25) is 0 Å². The Balaban J connectivity index is 1.82. The summed E-state index contributed by atoms with van der Waals surface area (Å²) in [6.07, 6.45) is 0. The van der Waals surface area contributed by atoms with Gasteiger partial charge in [0.1, 0.15) is 17.4 Å². The summed E-state index contributed by atoms with van der Waals surface area (Å²) in [4.78, 5) is 35.9. The van der Waals surface area contributed by atoms with Gasteiger partial charge in [0.05, 0.1) is 17.6 Å². The lowest BCUT2D eigenvalue weighted by Crippen LogP contribution is -2.13. The van der Waals surface area contributed by atoms with Crippen molar-refractivity contribution in [3.05, 3.63) is 104 Å². The molecule has 152 valence electrons. The Morgan fingerprint density at radius 3 is 2.30 bits per heavy atom. The molecule has 0 fully saturated rings. The summed E-state index contributed by atoms with van der Waals surface area (Å²) in [6.45, 7) is 0.0117. The van der Waals surface area contributed by atoms with Crippen molar-refractivity contribution in [2.75, 3.05) is 7.11 Å². The van der Waals surface area contributed by atoms with Crippen LogP contribution in [0.3, 0.4) is 0 Å². The quantitative estimate of drug-likeness (QED) is 0.232. The topological polar surface area (TPSA) is 95.7 Å². The molecule has 3 aromatic rings. The zero-order valence-corrected chi connectivity index (χ0v) is 16.6. The molecule has 3 rings (SSSR count). The number of hydrogen-bond donors (Lipinski definition) is 0. The predicted octanol–water partition coefficient (Wildman–Crippen LogP) is 4.84. The second-order valence-electron chi connectivity index (χ2n) is 6.22. The average Bonchev–Trinajstić information content (AvgIpc) is 2.77. The highest BCUT2D eigenvalue weighted by molar-refractivity contribution is 6.33. The minimum atomic E-state index is -0.682. The lowest BCUT2D eigenvalue weighted by Gasteiger charge is -2.10. The second-order valence-corrected chi connectivity index (χ2v) is 6.63. The van der Waals surface area contributed by atoms with E-state index >= 15 is 0 Å². The van der Waals surface area contributed by atoms with Crippen LogP contribution in [0.1, 0.15) is 31.8 Å². The van der Waals surface area contributed by atoms with Gasteiger partial charge in [0, 0.05) is 17.2 Å². The van der Waals surface area contributed by atoms with Crippen molar-refractivity contribution in [3.63, 3.8) is 0 Å². The van der Waals surface area contributed by atoms with Crippen molar-refractivity contribution < 1.29 is 24.0 Å². The number of methoxy groups -OCH3 is 1. The number of nitro groups is 1. The van der Waals surface area contributed by atoms with Gasteiger partial charge >= 0.3 is 5.97 Å². The molecule has 0 bridgehead atoms. The van der Waals surface area contributed by atoms with E-state index in [-0.39, 0.29) is 34.0 Å². The Hall–Kier alpha value is -3.71. The maximum absolute atomic E-state index is 12.9. The molecule has 0 aromatic heterocycles. The van der Waals surface area contributed by atoms with Crippen molar-refractivity contribution >= 4 is 29.0 Å². The van der Waals surface area contributed by atoms with Gasteiger partial charge in [-0.05, 0) is 35.9 Å². The SMILES string of the molecule is COc1ccc(COC(=O)c2ccccc2C(=O)c2ccc(Cl)c([N+](=O)[O-])c2)cc1. The van der Waals surface area contributed by atoms with Gasteiger partial charge in [-0.1, -0.05) is 41.9 Å². The first kappa shape index (κ1) is 21.0. The van der Waals surface area contributed by atoms with Crippen LogP contribution in [0.15, 0.2) is 66.7 Å². The zero-order valence-electron chi connectivity index (χ0n) is 15.8. The molecule has 3 aromatic carbocycles. The minimum absolute atomic E-state index is 0.0117. The number of nitrogens with zero attached hydrogens (tertiary/aromatic N) is 1. The number of benzene rings is 3. The average molecular weight is 426 g/mol. The molecule has 0 aliphatic carbocycles. The highest BCUT2D eigenvalue weighted by atomic mass is 35.5. The molecular formula is C22H16ClNO6. The third kappa shape index (κ3) is 4.64. The van der Waals surface area contributed by atoms with Crippen LogP contribution in [0, 0.1) is 10.1 Å². The Morgan fingerprint density at radius 2 is 1.67 bits per heavy atom. The van der Waals surface area contributed by atoms with Crippen molar-refractivity contribution in [3.8, 4) is 5.75 Å². The molecule has 0 heterocycles. The van der Waals surface area contributed by atoms with E-state index in [0.717, 1.165) is 11.6 Å². The normalized spacial score (nSPS) is 10.3. The van der Waals surface area contributed by atoms with Gasteiger partial charge in [0.25, 0.3) is 5.69 Å². The van der Waals surface area contributed by atoms with Crippen LogP contribution < -0.4 is 4.74 Å². The van der Waals surface area contributed by atoms with Gasteiger partial charge < -0.3 is 9.47 Å². The number of esters is 1. The molecule has 0 saturated heterocycles. The summed E-state index contributed by atoms with van der Waals surface area (Å²) in [5.41, 5.74) is 0.548. The standard InChI is InChI=1S/C22H16ClNO6/c1-29-16-9-6-14(7-10-16)13-30-22(26)18-5-3-2-4-17(18)21(25)15-8-11-19(23)20(12-15)24(27)28/h2-12H,13H2,1H3. The van der Waals surface area contributed by atoms with Gasteiger partial charge in [-0.25, -0.2) is 4.79 Å². The fourth-order valence-electron chi connectivity index (χ4n) is 2.76. The van der Waals surface area contributed by atoms with Crippen LogP contribution in [-0.2, 0) is 11.3 Å². The first-order valence-electron chi connectivity index (χ1n) is 8.78. The van der Waals surface area contributed by atoms with E-state index in [4.69, 9.17) is 21.1 Å². The number of carbonyl (C=O) groups excluding carboxylic acids is 2. The smallest absolute Gasteiger partial charge is 0.339 e. The number of hydrogen-bond acceptors (Lipinski definition) is 6. The molecule has 0 unspecified atom stereocenters. The number of carbonyl (C=O) groups is 2. The molecule has 0 amide bonds. The largest absolute Gasteiger partial charge is 0.497 e. The number of nitro benzene ring substituents is 1. The van der Waals surface area contributed by atoms with Crippen LogP contribution in [0.25, 0.3) is 0 Å². The van der Waals surface area contributed by atoms with Crippen LogP contribution in [0.5, 0.6) is 5.75 Å². The predicted molar refractivity (Wildman–Crippen MR) is 110 cm³/mol. The fourth-order valence-corrected chi connectivity index (χ4v) is 2.94. The minimum Gasteiger partial charge on any atom is -0.497 e. The molecule has 0 aliphatic heterocycles. The van der Waals surface area contributed by atoms with E-state index in [9.17, 15) is 19.7 Å². The monoisotopic (exact) mass is 425 g/mol. The maximum Gasteiger partial charge on any atom is 0.339 e. The zero-order chi connectivity index (χ0) is 21.7. The highest BCUT2D eigenvalue weighted by Gasteiger charge is 2.22. The number of rotatable bonds is 7. The van der Waals surface area contributed by atoms with Crippen molar-refractivity contribution in [1.29, 1.82) is 0 Å². The highest BCUT2D eigenvalue weighted by Crippen LogP contribution is 2.27. The Bertz CT molecular complexity index is 1110. The summed E-state index contributed by atoms with van der Waals surface area (Å²) in [5, 5.41) is 11.0. The van der Waals surface area contributed by atoms with Gasteiger partial charge in [0.15, 0.2) is 5.78 Å². The first-order valence-corrected chi connectivity index (χ1v) is 9.16. The van der Waals surface area contributed by atoms with Crippen LogP contribution in [0.2, 0.25) is 5.02 Å². The van der Waals surface area contributed by atoms with Crippen LogP contribution in [0.4, 0.5) is 5.69 Å². The summed E-state index contributed by atoms with van der Waals surface area (Å²) in [5.74, 6) is -0.553. The van der Waals surface area contributed by atoms with Gasteiger partial charge in [-0.2, -0.15) is 0 Å².